The highest BCUT2D eigenvalue weighted by Crippen LogP contribution is 2.57. The summed E-state index contributed by atoms with van der Waals surface area (Å²) in [6.45, 7) is 9.25. The summed E-state index contributed by atoms with van der Waals surface area (Å²) in [6.07, 6.45) is 1.62. The van der Waals surface area contributed by atoms with E-state index in [-0.39, 0.29) is 23.4 Å². The largest absolute Gasteiger partial charge is 0.493 e. The van der Waals surface area contributed by atoms with E-state index in [0.29, 0.717) is 23.0 Å². The minimum absolute atomic E-state index is 0.0135. The minimum Gasteiger partial charge on any atom is -0.493 e. The molecule has 2 aliphatic heterocycles. The van der Waals surface area contributed by atoms with Gasteiger partial charge in [0.2, 0.25) is 0 Å². The van der Waals surface area contributed by atoms with Crippen LogP contribution in [0.15, 0.2) is 42.5 Å². The van der Waals surface area contributed by atoms with E-state index in [1.54, 1.807) is 14.2 Å². The number of benzene rings is 2. The van der Waals surface area contributed by atoms with Gasteiger partial charge in [0, 0.05) is 34.5 Å². The first-order chi connectivity index (χ1) is 17.8. The van der Waals surface area contributed by atoms with Crippen LogP contribution in [0.5, 0.6) is 11.5 Å². The van der Waals surface area contributed by atoms with Crippen LogP contribution in [-0.2, 0) is 6.37 Å². The minimum atomic E-state index is -1.49. The molecule has 2 aromatic rings. The van der Waals surface area contributed by atoms with Gasteiger partial charge < -0.3 is 20.1 Å². The van der Waals surface area contributed by atoms with Gasteiger partial charge in [0.15, 0.2) is 11.5 Å². The van der Waals surface area contributed by atoms with Crippen molar-refractivity contribution in [3.05, 3.63) is 59.2 Å². The zero-order valence-electron chi connectivity index (χ0n) is 23.8. The summed E-state index contributed by atoms with van der Waals surface area (Å²) in [6, 6.07) is 14.9. The molecule has 3 fully saturated rings. The monoisotopic (exact) mass is 479 g/mol. The summed E-state index contributed by atoms with van der Waals surface area (Å²) in [7, 11) is 3.24. The van der Waals surface area contributed by atoms with Crippen LogP contribution < -0.4 is 20.1 Å². The zero-order valence-corrected chi connectivity index (χ0v) is 21.8. The lowest BCUT2D eigenvalue weighted by Crippen LogP contribution is -2.65. The van der Waals surface area contributed by atoms with Gasteiger partial charge in [0.1, 0.15) is 0 Å². The van der Waals surface area contributed by atoms with Crippen LogP contribution in [0.2, 0.25) is 0 Å². The maximum Gasteiger partial charge on any atom is 0.160 e. The molecule has 5 rings (SSSR count). The molecule has 2 saturated heterocycles. The van der Waals surface area contributed by atoms with E-state index in [1.165, 1.54) is 11.1 Å². The average molecular weight is 480 g/mol. The van der Waals surface area contributed by atoms with Crippen LogP contribution in [0.25, 0.3) is 0 Å². The van der Waals surface area contributed by atoms with Gasteiger partial charge in [-0.25, -0.2) is 0 Å². The molecular weight excluding hydrogens is 434 g/mol. The highest BCUT2D eigenvalue weighted by Gasteiger charge is 2.56. The first-order valence-corrected chi connectivity index (χ1v) is 13.3. The Labute approximate surface area is 214 Å². The number of hydrogen-bond acceptors (Lipinski definition) is 5. The summed E-state index contributed by atoms with van der Waals surface area (Å²) in [4.78, 5) is 2.65. The summed E-state index contributed by atoms with van der Waals surface area (Å²) in [5, 5.41) is 7.16. The molecule has 1 aliphatic carbocycles. The number of hydrogen-bond donors (Lipinski definition) is 2. The van der Waals surface area contributed by atoms with Crippen LogP contribution in [0, 0.1) is 11.3 Å². The smallest absolute Gasteiger partial charge is 0.160 e. The molecule has 2 aromatic carbocycles. The molecular formula is C30H43N3O2. The van der Waals surface area contributed by atoms with Gasteiger partial charge in [0.25, 0.3) is 0 Å². The van der Waals surface area contributed by atoms with Crippen molar-refractivity contribution in [3.63, 3.8) is 0 Å². The van der Waals surface area contributed by atoms with E-state index in [0.717, 1.165) is 52.0 Å². The molecule has 190 valence electrons. The molecule has 5 heteroatoms. The fourth-order valence-electron chi connectivity index (χ4n) is 6.76. The molecule has 2 N–H and O–H groups in total. The van der Waals surface area contributed by atoms with Crippen molar-refractivity contribution in [2.45, 2.75) is 57.5 Å². The number of piperazine rings is 1. The number of ether oxygens (including phenoxy) is 2. The summed E-state index contributed by atoms with van der Waals surface area (Å²) in [5.41, 5.74) is 3.49. The van der Waals surface area contributed by atoms with Crippen molar-refractivity contribution in [3.8, 4) is 11.5 Å². The fourth-order valence-corrected chi connectivity index (χ4v) is 6.76. The van der Waals surface area contributed by atoms with Crippen molar-refractivity contribution >= 4 is 0 Å². The van der Waals surface area contributed by atoms with Gasteiger partial charge in [-0.2, -0.15) is 0 Å². The molecule has 0 radical (unpaired) electrons. The third-order valence-corrected chi connectivity index (χ3v) is 8.65. The molecule has 35 heavy (non-hydrogen) atoms. The zero-order chi connectivity index (χ0) is 26.2. The third kappa shape index (κ3) is 4.71. The van der Waals surface area contributed by atoms with Crippen molar-refractivity contribution in [2.24, 2.45) is 11.3 Å². The molecule has 3 atom stereocenters. The Morgan fingerprint density at radius 1 is 1.03 bits per heavy atom. The summed E-state index contributed by atoms with van der Waals surface area (Å²) in [5.74, 6) is 1.58. The molecule has 0 amide bonds. The van der Waals surface area contributed by atoms with E-state index >= 15 is 0 Å². The Hall–Kier alpha value is -2.08. The molecule has 0 aromatic heterocycles. The van der Waals surface area contributed by atoms with E-state index in [4.69, 9.17) is 9.47 Å². The Balaban J connectivity index is 1.54. The maximum atomic E-state index is 9.62. The van der Waals surface area contributed by atoms with E-state index < -0.39 is 6.37 Å². The first-order valence-electron chi connectivity index (χ1n) is 14.3. The predicted molar refractivity (Wildman–Crippen MR) is 143 cm³/mol. The molecule has 1 saturated carbocycles. The van der Waals surface area contributed by atoms with Crippen molar-refractivity contribution < 1.29 is 12.2 Å². The van der Waals surface area contributed by atoms with Crippen molar-refractivity contribution in [2.75, 3.05) is 46.9 Å². The third-order valence-electron chi connectivity index (χ3n) is 8.65. The second kappa shape index (κ2) is 10.5. The number of piperidine rings is 1. The molecule has 2 heterocycles. The number of rotatable bonds is 7. The van der Waals surface area contributed by atoms with Gasteiger partial charge >= 0.3 is 0 Å². The normalized spacial score (nSPS) is 27.7. The SMILES string of the molecule is [2H]C([2H])(c1ccc(OC)c(OC)c1)C1C(N2CCNCC2c2ccccc2C(C)C)CC12CCNCC2. The average Bonchev–Trinajstić information content (AvgIpc) is 2.91. The van der Waals surface area contributed by atoms with Crippen molar-refractivity contribution in [1.29, 1.82) is 0 Å². The fraction of sp³-hybridized carbons (Fsp3) is 0.600. The lowest BCUT2D eigenvalue weighted by atomic mass is 9.51. The summed E-state index contributed by atoms with van der Waals surface area (Å²) < 4.78 is 30.3. The standard InChI is InChI=1S/C30H43N3O2/c1-21(2)23-7-5-6-8-24(23)27-20-32-15-16-33(27)26-19-30(11-13-31-14-12-30)25(26)17-22-9-10-28(34-3)29(18-22)35-4/h5-10,18,21,25-27,31-32H,11-17,19-20H2,1-4H3/i17D2. The molecule has 0 bridgehead atoms. The van der Waals surface area contributed by atoms with E-state index in [2.05, 4.69) is 53.6 Å². The van der Waals surface area contributed by atoms with Crippen molar-refractivity contribution in [1.82, 2.24) is 15.5 Å². The molecule has 3 aliphatic rings. The molecule has 1 spiro atoms. The number of nitrogens with one attached hydrogen (secondary N) is 2. The number of nitrogens with zero attached hydrogens (tertiary/aromatic N) is 1. The van der Waals surface area contributed by atoms with Gasteiger partial charge in [-0.3, -0.25) is 4.90 Å². The molecule has 3 unspecified atom stereocenters. The lowest BCUT2D eigenvalue weighted by molar-refractivity contribution is -0.112. The van der Waals surface area contributed by atoms with Gasteiger partial charge in [0.05, 0.1) is 14.2 Å². The second-order valence-electron chi connectivity index (χ2n) is 10.8. The van der Waals surface area contributed by atoms with Gasteiger partial charge in [-0.05, 0) is 84.8 Å². The Morgan fingerprint density at radius 2 is 1.80 bits per heavy atom. The quantitative estimate of drug-likeness (QED) is 0.599. The topological polar surface area (TPSA) is 45.8 Å². The van der Waals surface area contributed by atoms with E-state index in [9.17, 15) is 2.74 Å². The summed E-state index contributed by atoms with van der Waals surface area (Å²) >= 11 is 0. The van der Waals surface area contributed by atoms with Crippen LogP contribution in [-0.4, -0.2) is 57.9 Å². The van der Waals surface area contributed by atoms with Crippen LogP contribution >= 0.6 is 0 Å². The van der Waals surface area contributed by atoms with Gasteiger partial charge in [-0.15, -0.1) is 0 Å². The van der Waals surface area contributed by atoms with Crippen LogP contribution in [0.4, 0.5) is 0 Å². The Bertz CT molecular complexity index is 1090. The molecule has 5 nitrogen and oxygen atoms in total. The Morgan fingerprint density at radius 3 is 2.54 bits per heavy atom. The van der Waals surface area contributed by atoms with Gasteiger partial charge in [-0.1, -0.05) is 44.2 Å². The van der Waals surface area contributed by atoms with Crippen LogP contribution in [0.1, 0.15) is 64.5 Å². The Kier molecular flexibility index (Phi) is 6.64. The van der Waals surface area contributed by atoms with Crippen LogP contribution in [0.3, 0.4) is 0 Å². The second-order valence-corrected chi connectivity index (χ2v) is 10.8. The predicted octanol–water partition coefficient (Wildman–Crippen LogP) is 4.77. The van der Waals surface area contributed by atoms with E-state index in [1.807, 2.05) is 18.2 Å². The number of methoxy groups -OCH3 is 2. The maximum absolute atomic E-state index is 9.62. The highest BCUT2D eigenvalue weighted by molar-refractivity contribution is 5.43. The lowest BCUT2D eigenvalue weighted by Gasteiger charge is -2.62. The highest BCUT2D eigenvalue weighted by atomic mass is 16.5. The first kappa shape index (κ1) is 22.1.